The fourth-order valence-corrected chi connectivity index (χ4v) is 1.40. The third kappa shape index (κ3) is 7.67. The Hall–Kier alpha value is -0.970. The van der Waals surface area contributed by atoms with E-state index in [2.05, 4.69) is 21.9 Å². The molecule has 0 aliphatic carbocycles. The molecule has 0 heterocycles. The Morgan fingerprint density at radius 2 is 2.50 bits per heavy atom. The van der Waals surface area contributed by atoms with Crippen molar-refractivity contribution in [1.82, 2.24) is 5.32 Å². The van der Waals surface area contributed by atoms with E-state index in [4.69, 9.17) is 0 Å². The maximum Gasteiger partial charge on any atom is 0.433 e. The number of oxime groups is 1. The van der Waals surface area contributed by atoms with E-state index in [0.29, 0.717) is 0 Å². The van der Waals surface area contributed by atoms with E-state index in [9.17, 15) is 4.79 Å². The molecule has 0 aromatic carbocycles. The molecule has 1 atom stereocenters. The number of nitrogens with one attached hydrogen (secondary N) is 1. The zero-order chi connectivity index (χ0) is 10.8. The maximum absolute atomic E-state index is 10.6. The van der Waals surface area contributed by atoms with Crippen LogP contribution in [-0.2, 0) is 4.84 Å². The monoisotopic (exact) mass is 216 g/mol. The van der Waals surface area contributed by atoms with Crippen LogP contribution in [0.1, 0.15) is 13.3 Å². The van der Waals surface area contributed by atoms with Crippen LogP contribution >= 0.6 is 11.8 Å². The highest BCUT2D eigenvalue weighted by atomic mass is 32.2. The first-order valence-electron chi connectivity index (χ1n) is 4.35. The zero-order valence-electron chi connectivity index (χ0n) is 8.53. The highest BCUT2D eigenvalue weighted by Crippen LogP contribution is 2.09. The molecule has 0 fully saturated rings. The molecular weight excluding hydrogens is 200 g/mol. The molecule has 0 saturated heterocycles. The molecular formula is C9H16N2O2S. The molecule has 1 amide bonds. The second-order valence-electron chi connectivity index (χ2n) is 2.54. The smallest absolute Gasteiger partial charge is 0.323 e. The summed E-state index contributed by atoms with van der Waals surface area (Å²) in [6, 6.07) is 0. The van der Waals surface area contributed by atoms with Crippen molar-refractivity contribution in [2.24, 2.45) is 5.16 Å². The Morgan fingerprint density at radius 3 is 3.07 bits per heavy atom. The van der Waals surface area contributed by atoms with Crippen molar-refractivity contribution in [3.8, 4) is 0 Å². The first kappa shape index (κ1) is 13.0. The van der Waals surface area contributed by atoms with Gasteiger partial charge in [-0.2, -0.15) is 11.8 Å². The van der Waals surface area contributed by atoms with Crippen molar-refractivity contribution in [3.63, 3.8) is 0 Å². The quantitative estimate of drug-likeness (QED) is 0.243. The molecule has 1 unspecified atom stereocenters. The molecule has 14 heavy (non-hydrogen) atoms. The minimum atomic E-state index is -0.551. The molecule has 80 valence electrons. The fraction of sp³-hybridized carbons (Fsp3) is 0.556. The van der Waals surface area contributed by atoms with Gasteiger partial charge in [0.25, 0.3) is 0 Å². The van der Waals surface area contributed by atoms with Crippen molar-refractivity contribution in [2.45, 2.75) is 18.6 Å². The van der Waals surface area contributed by atoms with Crippen LogP contribution in [0.4, 0.5) is 4.79 Å². The molecule has 0 saturated carbocycles. The summed E-state index contributed by atoms with van der Waals surface area (Å²) in [7, 11) is 1.49. The lowest BCUT2D eigenvalue weighted by Gasteiger charge is -2.02. The van der Waals surface area contributed by atoms with Crippen LogP contribution in [0.25, 0.3) is 0 Å². The van der Waals surface area contributed by atoms with Crippen molar-refractivity contribution >= 4 is 24.1 Å². The van der Waals surface area contributed by atoms with Crippen LogP contribution in [0.15, 0.2) is 17.8 Å². The van der Waals surface area contributed by atoms with Gasteiger partial charge in [0, 0.05) is 12.3 Å². The van der Waals surface area contributed by atoms with Gasteiger partial charge in [-0.1, -0.05) is 11.2 Å². The van der Waals surface area contributed by atoms with E-state index < -0.39 is 6.09 Å². The van der Waals surface area contributed by atoms with Gasteiger partial charge < -0.3 is 5.32 Å². The summed E-state index contributed by atoms with van der Waals surface area (Å²) >= 11 is 1.73. The average Bonchev–Trinajstić information content (AvgIpc) is 2.18. The van der Waals surface area contributed by atoms with E-state index in [-0.39, 0.29) is 5.25 Å². The van der Waals surface area contributed by atoms with Gasteiger partial charge in [0.1, 0.15) is 0 Å². The van der Waals surface area contributed by atoms with Gasteiger partial charge in [0.05, 0.1) is 6.21 Å². The zero-order valence-corrected chi connectivity index (χ0v) is 9.34. The summed E-state index contributed by atoms with van der Waals surface area (Å²) in [5.41, 5.74) is 0. The summed E-state index contributed by atoms with van der Waals surface area (Å²) in [5.74, 6) is 0.997. The Balaban J connectivity index is 3.54. The highest BCUT2D eigenvalue weighted by Gasteiger charge is 1.98. The Morgan fingerprint density at radius 1 is 1.79 bits per heavy atom. The van der Waals surface area contributed by atoms with Gasteiger partial charge in [-0.15, -0.1) is 6.58 Å². The number of hydrogen-bond donors (Lipinski definition) is 1. The maximum atomic E-state index is 10.6. The number of nitrogens with zero attached hydrogens (tertiary/aromatic N) is 1. The largest absolute Gasteiger partial charge is 0.433 e. The number of thioether (sulfide) groups is 1. The Labute approximate surface area is 88.8 Å². The minimum absolute atomic E-state index is 0.236. The third-order valence-electron chi connectivity index (χ3n) is 1.31. The molecule has 0 aromatic heterocycles. The van der Waals surface area contributed by atoms with E-state index in [1.807, 2.05) is 13.0 Å². The highest BCUT2D eigenvalue weighted by molar-refractivity contribution is 8.00. The normalized spacial score (nSPS) is 12.4. The first-order chi connectivity index (χ1) is 6.70. The summed E-state index contributed by atoms with van der Waals surface area (Å²) in [4.78, 5) is 15.0. The second-order valence-corrected chi connectivity index (χ2v) is 4.02. The van der Waals surface area contributed by atoms with Crippen molar-refractivity contribution < 1.29 is 9.63 Å². The molecule has 0 aliphatic heterocycles. The molecule has 0 bridgehead atoms. The number of amides is 1. The van der Waals surface area contributed by atoms with Gasteiger partial charge in [-0.25, -0.2) is 4.79 Å². The van der Waals surface area contributed by atoms with Crippen molar-refractivity contribution in [1.29, 1.82) is 0 Å². The molecule has 0 aromatic rings. The number of hydrogen-bond acceptors (Lipinski definition) is 4. The SMILES string of the molecule is C=CCCSC(C)/C=N/OC(=O)NC. The first-order valence-corrected chi connectivity index (χ1v) is 5.40. The average molecular weight is 216 g/mol. The molecule has 1 N–H and O–H groups in total. The van der Waals surface area contributed by atoms with Crippen LogP contribution < -0.4 is 5.32 Å². The van der Waals surface area contributed by atoms with E-state index >= 15 is 0 Å². The minimum Gasteiger partial charge on any atom is -0.323 e. The third-order valence-corrected chi connectivity index (χ3v) is 2.43. The number of rotatable bonds is 6. The summed E-state index contributed by atoms with van der Waals surface area (Å²) in [6.07, 6.45) is 3.89. The van der Waals surface area contributed by atoms with Gasteiger partial charge in [0.15, 0.2) is 0 Å². The molecule has 0 rings (SSSR count). The molecule has 5 heteroatoms. The Kier molecular flexibility index (Phi) is 8.02. The van der Waals surface area contributed by atoms with Crippen molar-refractivity contribution in [3.05, 3.63) is 12.7 Å². The predicted octanol–water partition coefficient (Wildman–Crippen LogP) is 2.03. The Bertz CT molecular complexity index is 207. The van der Waals surface area contributed by atoms with Gasteiger partial charge in [-0.3, -0.25) is 4.84 Å². The number of carbonyl (C=O) groups excluding carboxylic acids is 1. The van der Waals surface area contributed by atoms with Gasteiger partial charge in [0.2, 0.25) is 0 Å². The van der Waals surface area contributed by atoms with Crippen LogP contribution in [0, 0.1) is 0 Å². The molecule has 0 aliphatic rings. The van der Waals surface area contributed by atoms with Crippen LogP contribution in [0.5, 0.6) is 0 Å². The molecule has 0 radical (unpaired) electrons. The lowest BCUT2D eigenvalue weighted by Crippen LogP contribution is -2.17. The number of allylic oxidation sites excluding steroid dienone is 1. The van der Waals surface area contributed by atoms with E-state index in [1.165, 1.54) is 7.05 Å². The van der Waals surface area contributed by atoms with Gasteiger partial charge in [-0.05, 0) is 19.1 Å². The summed E-state index contributed by atoms with van der Waals surface area (Å²) in [6.45, 7) is 5.62. The molecule has 0 spiro atoms. The standard InChI is InChI=1S/C9H16N2O2S/c1-4-5-6-14-8(2)7-11-13-9(12)10-3/h4,7-8H,1,5-6H2,2-3H3,(H,10,12)/b11-7+. The topological polar surface area (TPSA) is 50.7 Å². The van der Waals surface area contributed by atoms with Gasteiger partial charge >= 0.3 is 6.09 Å². The molecule has 4 nitrogen and oxygen atoms in total. The lowest BCUT2D eigenvalue weighted by atomic mass is 10.5. The summed E-state index contributed by atoms with van der Waals surface area (Å²) in [5, 5.41) is 6.07. The van der Waals surface area contributed by atoms with Crippen LogP contribution in [-0.4, -0.2) is 30.4 Å². The fourth-order valence-electron chi connectivity index (χ4n) is 0.590. The number of carbonyl (C=O) groups is 1. The summed E-state index contributed by atoms with van der Waals surface area (Å²) < 4.78 is 0. The van der Waals surface area contributed by atoms with Crippen LogP contribution in [0.2, 0.25) is 0 Å². The lowest BCUT2D eigenvalue weighted by molar-refractivity contribution is 0.153. The van der Waals surface area contributed by atoms with E-state index in [0.717, 1.165) is 12.2 Å². The van der Waals surface area contributed by atoms with Crippen molar-refractivity contribution in [2.75, 3.05) is 12.8 Å². The predicted molar refractivity (Wildman–Crippen MR) is 60.8 cm³/mol. The second kappa shape index (κ2) is 8.62. The van der Waals surface area contributed by atoms with Crippen LogP contribution in [0.3, 0.4) is 0 Å². The van der Waals surface area contributed by atoms with E-state index in [1.54, 1.807) is 18.0 Å².